The highest BCUT2D eigenvalue weighted by molar-refractivity contribution is 6.30. The molecule has 1 aromatic heterocycles. The van der Waals surface area contributed by atoms with Crippen LogP contribution in [0.4, 0.5) is 0 Å². The summed E-state index contributed by atoms with van der Waals surface area (Å²) in [6, 6.07) is 6.78. The third-order valence-corrected chi connectivity index (χ3v) is 2.90. The number of aryl methyl sites for hydroxylation is 1. The smallest absolute Gasteiger partial charge is 0.284 e. The van der Waals surface area contributed by atoms with E-state index in [9.17, 15) is 4.79 Å². The van der Waals surface area contributed by atoms with Crippen LogP contribution < -0.4 is 10.2 Å². The van der Waals surface area contributed by atoms with E-state index in [2.05, 4.69) is 15.4 Å². The number of amides is 1. The lowest BCUT2D eigenvalue weighted by Gasteiger charge is -2.14. The minimum atomic E-state index is -0.685. The molecule has 6 nitrogen and oxygen atoms in total. The molecule has 0 bridgehead atoms. The van der Waals surface area contributed by atoms with Crippen LogP contribution in [-0.4, -0.2) is 22.0 Å². The number of imidazole rings is 1. The number of hydroxylamine groups is 1. The van der Waals surface area contributed by atoms with Gasteiger partial charge < -0.3 is 9.72 Å². The fourth-order valence-electron chi connectivity index (χ4n) is 1.58. The second-order valence-electron chi connectivity index (χ2n) is 4.46. The van der Waals surface area contributed by atoms with Gasteiger partial charge in [0, 0.05) is 5.02 Å². The Hall–Kier alpha value is -2.05. The fraction of sp³-hybridized carbons (Fsp3) is 0.286. The largest absolute Gasteiger partial charge is 0.481 e. The van der Waals surface area contributed by atoms with Gasteiger partial charge in [-0.2, -0.15) is 0 Å². The molecule has 1 heterocycles. The SMILES string of the molecule is Cc1ncc(CONC(=O)[C@H](C)Oc2ccc(Cl)cc2)[nH]1. The van der Waals surface area contributed by atoms with Crippen molar-refractivity contribution in [2.24, 2.45) is 0 Å². The van der Waals surface area contributed by atoms with E-state index >= 15 is 0 Å². The van der Waals surface area contributed by atoms with Crippen LogP contribution in [0.2, 0.25) is 5.02 Å². The molecule has 1 amide bonds. The summed E-state index contributed by atoms with van der Waals surface area (Å²) in [6.45, 7) is 3.68. The van der Waals surface area contributed by atoms with Crippen LogP contribution in [0.3, 0.4) is 0 Å². The van der Waals surface area contributed by atoms with Gasteiger partial charge in [0.15, 0.2) is 6.10 Å². The molecule has 2 N–H and O–H groups in total. The van der Waals surface area contributed by atoms with Crippen LogP contribution in [0.25, 0.3) is 0 Å². The second kappa shape index (κ2) is 7.10. The van der Waals surface area contributed by atoms with Gasteiger partial charge in [-0.15, -0.1) is 0 Å². The molecule has 0 aliphatic carbocycles. The number of benzene rings is 1. The van der Waals surface area contributed by atoms with Crippen molar-refractivity contribution in [3.63, 3.8) is 0 Å². The number of nitrogens with zero attached hydrogens (tertiary/aromatic N) is 1. The average molecular weight is 310 g/mol. The van der Waals surface area contributed by atoms with Crippen molar-refractivity contribution in [3.8, 4) is 5.75 Å². The number of hydrogen-bond acceptors (Lipinski definition) is 4. The van der Waals surface area contributed by atoms with Crippen LogP contribution in [0, 0.1) is 6.92 Å². The lowest BCUT2D eigenvalue weighted by atomic mass is 10.3. The molecule has 21 heavy (non-hydrogen) atoms. The maximum atomic E-state index is 11.8. The van der Waals surface area contributed by atoms with E-state index in [1.54, 1.807) is 37.4 Å². The number of ether oxygens (including phenoxy) is 1. The van der Waals surface area contributed by atoms with Crippen molar-refractivity contribution in [2.45, 2.75) is 26.6 Å². The van der Waals surface area contributed by atoms with Crippen LogP contribution in [0.15, 0.2) is 30.5 Å². The average Bonchev–Trinajstić information content (AvgIpc) is 2.87. The number of H-pyrrole nitrogens is 1. The van der Waals surface area contributed by atoms with Crippen LogP contribution in [0.1, 0.15) is 18.4 Å². The van der Waals surface area contributed by atoms with E-state index < -0.39 is 6.10 Å². The summed E-state index contributed by atoms with van der Waals surface area (Å²) in [5.41, 5.74) is 3.11. The topological polar surface area (TPSA) is 76.2 Å². The Kier molecular flexibility index (Phi) is 5.19. The number of nitrogens with one attached hydrogen (secondary N) is 2. The predicted molar refractivity (Wildman–Crippen MR) is 77.8 cm³/mol. The van der Waals surface area contributed by atoms with Crippen LogP contribution in [0.5, 0.6) is 5.75 Å². The number of hydrogen-bond donors (Lipinski definition) is 2. The molecule has 0 saturated carbocycles. The molecule has 2 aromatic rings. The van der Waals surface area contributed by atoms with E-state index in [0.29, 0.717) is 10.8 Å². The van der Waals surface area contributed by atoms with Gasteiger partial charge >= 0.3 is 0 Å². The van der Waals surface area contributed by atoms with Gasteiger partial charge in [-0.05, 0) is 38.1 Å². The van der Waals surface area contributed by atoms with Gasteiger partial charge in [0.05, 0.1) is 11.9 Å². The van der Waals surface area contributed by atoms with E-state index in [4.69, 9.17) is 21.2 Å². The Bertz CT molecular complexity index is 598. The monoisotopic (exact) mass is 309 g/mol. The van der Waals surface area contributed by atoms with Gasteiger partial charge in [-0.25, -0.2) is 10.5 Å². The normalized spacial score (nSPS) is 12.0. The van der Waals surface area contributed by atoms with Gasteiger partial charge in [0.2, 0.25) is 0 Å². The number of aromatic amines is 1. The molecule has 0 radical (unpaired) electrons. The van der Waals surface area contributed by atoms with Crippen molar-refractivity contribution in [1.29, 1.82) is 0 Å². The number of carbonyl (C=O) groups excluding carboxylic acids is 1. The summed E-state index contributed by atoms with van der Waals surface area (Å²) in [4.78, 5) is 23.9. The number of halogens is 1. The molecule has 0 aliphatic heterocycles. The minimum absolute atomic E-state index is 0.209. The first-order valence-electron chi connectivity index (χ1n) is 6.39. The van der Waals surface area contributed by atoms with E-state index in [0.717, 1.165) is 11.5 Å². The van der Waals surface area contributed by atoms with Gasteiger partial charge in [-0.3, -0.25) is 9.63 Å². The van der Waals surface area contributed by atoms with Gasteiger partial charge in [0.1, 0.15) is 18.2 Å². The lowest BCUT2D eigenvalue weighted by Crippen LogP contribution is -2.36. The first kappa shape index (κ1) is 15.3. The number of rotatable bonds is 6. The first-order chi connectivity index (χ1) is 10.0. The molecule has 0 saturated heterocycles. The van der Waals surface area contributed by atoms with Crippen LogP contribution in [-0.2, 0) is 16.2 Å². The molecule has 0 aliphatic rings. The fourth-order valence-corrected chi connectivity index (χ4v) is 1.71. The van der Waals surface area contributed by atoms with Crippen LogP contribution >= 0.6 is 11.6 Å². The van der Waals surface area contributed by atoms with E-state index in [1.807, 2.05) is 6.92 Å². The van der Waals surface area contributed by atoms with Crippen molar-refractivity contribution < 1.29 is 14.4 Å². The summed E-state index contributed by atoms with van der Waals surface area (Å²) in [7, 11) is 0. The highest BCUT2D eigenvalue weighted by Crippen LogP contribution is 2.16. The van der Waals surface area contributed by atoms with Gasteiger partial charge in [-0.1, -0.05) is 11.6 Å². The number of aromatic nitrogens is 2. The standard InChI is InChI=1S/C14H16ClN3O3/c1-9(21-13-5-3-11(15)4-6-13)14(19)18-20-8-12-7-16-10(2)17-12/h3-7,9H,8H2,1-2H3,(H,16,17)(H,18,19)/t9-/m0/s1. The zero-order chi connectivity index (χ0) is 15.2. The Morgan fingerprint density at radius 3 is 2.76 bits per heavy atom. The zero-order valence-corrected chi connectivity index (χ0v) is 12.5. The third-order valence-electron chi connectivity index (χ3n) is 2.65. The summed E-state index contributed by atoms with van der Waals surface area (Å²) < 4.78 is 5.47. The van der Waals surface area contributed by atoms with E-state index in [-0.39, 0.29) is 12.5 Å². The van der Waals surface area contributed by atoms with E-state index in [1.165, 1.54) is 0 Å². The minimum Gasteiger partial charge on any atom is -0.481 e. The Morgan fingerprint density at radius 1 is 1.43 bits per heavy atom. The maximum Gasteiger partial charge on any atom is 0.284 e. The summed E-state index contributed by atoms with van der Waals surface area (Å²) in [6.07, 6.45) is 0.962. The van der Waals surface area contributed by atoms with Crippen molar-refractivity contribution >= 4 is 17.5 Å². The second-order valence-corrected chi connectivity index (χ2v) is 4.90. The maximum absolute atomic E-state index is 11.8. The molecule has 1 atom stereocenters. The molecule has 7 heteroatoms. The van der Waals surface area contributed by atoms with Crippen molar-refractivity contribution in [3.05, 3.63) is 47.0 Å². The predicted octanol–water partition coefficient (Wildman–Crippen LogP) is 2.39. The third kappa shape index (κ3) is 4.77. The zero-order valence-electron chi connectivity index (χ0n) is 11.7. The summed E-state index contributed by atoms with van der Waals surface area (Å²) in [5.74, 6) is 0.979. The molecule has 112 valence electrons. The highest BCUT2D eigenvalue weighted by atomic mass is 35.5. The quantitative estimate of drug-likeness (QED) is 0.803. The molecule has 0 spiro atoms. The molecular formula is C14H16ClN3O3. The Morgan fingerprint density at radius 2 is 2.14 bits per heavy atom. The first-order valence-corrected chi connectivity index (χ1v) is 6.77. The lowest BCUT2D eigenvalue weighted by molar-refractivity contribution is -0.141. The Labute approximate surface area is 127 Å². The molecule has 0 unspecified atom stereocenters. The number of carbonyl (C=O) groups is 1. The molecule has 0 fully saturated rings. The Balaban J connectivity index is 1.75. The molecule has 2 rings (SSSR count). The highest BCUT2D eigenvalue weighted by Gasteiger charge is 2.14. The summed E-state index contributed by atoms with van der Waals surface area (Å²) in [5, 5.41) is 0.609. The molecular weight excluding hydrogens is 294 g/mol. The molecule has 1 aromatic carbocycles. The van der Waals surface area contributed by atoms with Gasteiger partial charge in [0.25, 0.3) is 5.91 Å². The van der Waals surface area contributed by atoms with Crippen molar-refractivity contribution in [1.82, 2.24) is 15.4 Å². The summed E-state index contributed by atoms with van der Waals surface area (Å²) >= 11 is 5.78. The van der Waals surface area contributed by atoms with Crippen molar-refractivity contribution in [2.75, 3.05) is 0 Å².